The van der Waals surface area contributed by atoms with Gasteiger partial charge in [0.2, 0.25) is 0 Å². The van der Waals surface area contributed by atoms with E-state index in [0.717, 1.165) is 30.8 Å². The molecule has 0 spiro atoms. The smallest absolute Gasteiger partial charge is 0.0834 e. The standard InChI is InChI=1S/C7H12N2S/c8-3-1-2-6-4-7(10)9-5-6/h5H,1-4,8H2,(H,9,10). The second kappa shape index (κ2) is 3.68. The molecule has 0 aromatic carbocycles. The van der Waals surface area contributed by atoms with E-state index in [1.165, 1.54) is 5.57 Å². The third-order valence-electron chi connectivity index (χ3n) is 1.53. The van der Waals surface area contributed by atoms with Crippen molar-refractivity contribution in [2.24, 2.45) is 5.73 Å². The summed E-state index contributed by atoms with van der Waals surface area (Å²) in [5.41, 5.74) is 6.75. The first kappa shape index (κ1) is 7.69. The molecule has 0 aromatic rings. The van der Waals surface area contributed by atoms with Gasteiger partial charge in [0.05, 0.1) is 4.99 Å². The van der Waals surface area contributed by atoms with Crippen LogP contribution in [-0.4, -0.2) is 11.5 Å². The van der Waals surface area contributed by atoms with Gasteiger partial charge in [0.1, 0.15) is 0 Å². The first-order chi connectivity index (χ1) is 4.83. The van der Waals surface area contributed by atoms with Crippen molar-refractivity contribution in [1.82, 2.24) is 5.32 Å². The summed E-state index contributed by atoms with van der Waals surface area (Å²) in [5, 5.41) is 3.01. The molecule has 1 aliphatic heterocycles. The first-order valence-electron chi connectivity index (χ1n) is 3.50. The van der Waals surface area contributed by atoms with Crippen molar-refractivity contribution in [2.45, 2.75) is 19.3 Å². The Labute approximate surface area is 66.5 Å². The van der Waals surface area contributed by atoms with Crippen molar-refractivity contribution in [1.29, 1.82) is 0 Å². The van der Waals surface area contributed by atoms with Crippen LogP contribution in [0, 0.1) is 0 Å². The van der Waals surface area contributed by atoms with Crippen LogP contribution in [-0.2, 0) is 0 Å². The molecule has 0 fully saturated rings. The lowest BCUT2D eigenvalue weighted by Crippen LogP contribution is -2.05. The van der Waals surface area contributed by atoms with Crippen molar-refractivity contribution >= 4 is 17.2 Å². The topological polar surface area (TPSA) is 38.0 Å². The summed E-state index contributed by atoms with van der Waals surface area (Å²) >= 11 is 4.95. The predicted octanol–water partition coefficient (Wildman–Crippen LogP) is 0.930. The van der Waals surface area contributed by atoms with Crippen molar-refractivity contribution in [3.63, 3.8) is 0 Å². The minimum atomic E-state index is 0.768. The maximum atomic E-state index is 5.36. The van der Waals surface area contributed by atoms with Gasteiger partial charge in [-0.2, -0.15) is 0 Å². The van der Waals surface area contributed by atoms with Gasteiger partial charge in [0.25, 0.3) is 0 Å². The van der Waals surface area contributed by atoms with E-state index in [4.69, 9.17) is 18.0 Å². The van der Waals surface area contributed by atoms with Crippen molar-refractivity contribution in [3.05, 3.63) is 11.8 Å². The summed E-state index contributed by atoms with van der Waals surface area (Å²) in [5.74, 6) is 0. The van der Waals surface area contributed by atoms with Gasteiger partial charge >= 0.3 is 0 Å². The van der Waals surface area contributed by atoms with E-state index >= 15 is 0 Å². The molecule has 0 amide bonds. The summed E-state index contributed by atoms with van der Waals surface area (Å²) in [6.45, 7) is 0.768. The minimum Gasteiger partial charge on any atom is -0.356 e. The highest BCUT2D eigenvalue weighted by Crippen LogP contribution is 2.13. The van der Waals surface area contributed by atoms with E-state index in [0.29, 0.717) is 0 Å². The molecule has 0 aliphatic carbocycles. The van der Waals surface area contributed by atoms with Gasteiger partial charge in [-0.05, 0) is 25.0 Å². The zero-order valence-electron chi connectivity index (χ0n) is 5.89. The quantitative estimate of drug-likeness (QED) is 0.597. The molecule has 1 rings (SSSR count). The fourth-order valence-corrected chi connectivity index (χ4v) is 1.22. The molecule has 56 valence electrons. The van der Waals surface area contributed by atoms with E-state index in [1.54, 1.807) is 0 Å². The summed E-state index contributed by atoms with van der Waals surface area (Å²) in [6, 6.07) is 0. The number of rotatable bonds is 3. The summed E-state index contributed by atoms with van der Waals surface area (Å²) in [7, 11) is 0. The van der Waals surface area contributed by atoms with Crippen LogP contribution in [0.25, 0.3) is 0 Å². The Hall–Kier alpha value is -0.410. The Morgan fingerprint density at radius 1 is 1.70 bits per heavy atom. The lowest BCUT2D eigenvalue weighted by molar-refractivity contribution is 0.817. The molecule has 2 nitrogen and oxygen atoms in total. The average molecular weight is 156 g/mol. The normalized spacial score (nSPS) is 16.9. The third kappa shape index (κ3) is 2.08. The molecule has 1 heterocycles. The molecule has 3 N–H and O–H groups in total. The monoisotopic (exact) mass is 156 g/mol. The highest BCUT2D eigenvalue weighted by Gasteiger charge is 2.07. The Kier molecular flexibility index (Phi) is 2.83. The molecule has 0 unspecified atom stereocenters. The maximum Gasteiger partial charge on any atom is 0.0834 e. The van der Waals surface area contributed by atoms with E-state index in [9.17, 15) is 0 Å². The van der Waals surface area contributed by atoms with Crippen LogP contribution >= 0.6 is 12.2 Å². The van der Waals surface area contributed by atoms with Gasteiger partial charge in [0.15, 0.2) is 0 Å². The molecule has 0 bridgehead atoms. The van der Waals surface area contributed by atoms with Crippen LogP contribution in [0.1, 0.15) is 19.3 Å². The lowest BCUT2D eigenvalue weighted by Gasteiger charge is -1.95. The average Bonchev–Trinajstić information content (AvgIpc) is 2.31. The van der Waals surface area contributed by atoms with Gasteiger partial charge in [-0.15, -0.1) is 0 Å². The second-order valence-corrected chi connectivity index (χ2v) is 2.93. The van der Waals surface area contributed by atoms with Crippen LogP contribution in [0.2, 0.25) is 0 Å². The Bertz CT molecular complexity index is 163. The van der Waals surface area contributed by atoms with Crippen molar-refractivity contribution in [2.75, 3.05) is 6.54 Å². The van der Waals surface area contributed by atoms with Crippen LogP contribution in [0.15, 0.2) is 11.8 Å². The van der Waals surface area contributed by atoms with E-state index in [1.807, 2.05) is 6.20 Å². The van der Waals surface area contributed by atoms with Gasteiger partial charge in [-0.25, -0.2) is 0 Å². The molecule has 0 saturated carbocycles. The molecule has 10 heavy (non-hydrogen) atoms. The summed E-state index contributed by atoms with van der Waals surface area (Å²) in [6.07, 6.45) is 5.09. The molecule has 3 heteroatoms. The van der Waals surface area contributed by atoms with Crippen molar-refractivity contribution < 1.29 is 0 Å². The van der Waals surface area contributed by atoms with Gasteiger partial charge in [-0.1, -0.05) is 12.2 Å². The molecular weight excluding hydrogens is 144 g/mol. The third-order valence-corrected chi connectivity index (χ3v) is 1.79. The van der Waals surface area contributed by atoms with Gasteiger partial charge in [0, 0.05) is 12.6 Å². The number of hydrogen-bond acceptors (Lipinski definition) is 2. The number of thiocarbonyl (C=S) groups is 1. The largest absolute Gasteiger partial charge is 0.356 e. The zero-order valence-corrected chi connectivity index (χ0v) is 6.71. The Morgan fingerprint density at radius 2 is 2.50 bits per heavy atom. The van der Waals surface area contributed by atoms with Crippen LogP contribution in [0.4, 0.5) is 0 Å². The number of hydrogen-bond donors (Lipinski definition) is 2. The summed E-state index contributed by atoms with van der Waals surface area (Å²) in [4.78, 5) is 0.937. The summed E-state index contributed by atoms with van der Waals surface area (Å²) < 4.78 is 0. The molecule has 0 saturated heterocycles. The fourth-order valence-electron chi connectivity index (χ4n) is 0.981. The predicted molar refractivity (Wildman–Crippen MR) is 46.7 cm³/mol. The Balaban J connectivity index is 2.23. The van der Waals surface area contributed by atoms with Crippen LogP contribution in [0.3, 0.4) is 0 Å². The second-order valence-electron chi connectivity index (χ2n) is 2.44. The fraction of sp³-hybridized carbons (Fsp3) is 0.571. The number of nitrogens with two attached hydrogens (primary N) is 1. The molecule has 0 atom stereocenters. The highest BCUT2D eigenvalue weighted by atomic mass is 32.1. The van der Waals surface area contributed by atoms with E-state index < -0.39 is 0 Å². The van der Waals surface area contributed by atoms with E-state index in [-0.39, 0.29) is 0 Å². The van der Waals surface area contributed by atoms with Crippen molar-refractivity contribution in [3.8, 4) is 0 Å². The van der Waals surface area contributed by atoms with Crippen LogP contribution < -0.4 is 11.1 Å². The molecule has 0 aromatic heterocycles. The molecule has 0 radical (unpaired) electrons. The minimum absolute atomic E-state index is 0.768. The van der Waals surface area contributed by atoms with Gasteiger partial charge in [-0.3, -0.25) is 0 Å². The number of nitrogens with one attached hydrogen (secondary N) is 1. The molecular formula is C7H12N2S. The maximum absolute atomic E-state index is 5.36. The molecule has 1 aliphatic rings. The zero-order chi connectivity index (χ0) is 7.40. The first-order valence-corrected chi connectivity index (χ1v) is 3.91. The van der Waals surface area contributed by atoms with Crippen LogP contribution in [0.5, 0.6) is 0 Å². The van der Waals surface area contributed by atoms with E-state index in [2.05, 4.69) is 5.32 Å². The lowest BCUT2D eigenvalue weighted by atomic mass is 10.1. The SMILES string of the molecule is NCCCC1=CNC(=S)C1. The Morgan fingerprint density at radius 3 is 3.00 bits per heavy atom. The van der Waals surface area contributed by atoms with Gasteiger partial charge < -0.3 is 11.1 Å². The highest BCUT2D eigenvalue weighted by molar-refractivity contribution is 7.80.